The van der Waals surface area contributed by atoms with Crippen molar-refractivity contribution in [2.24, 2.45) is 0 Å². The van der Waals surface area contributed by atoms with E-state index < -0.39 is 5.97 Å². The monoisotopic (exact) mass is 363 g/mol. The van der Waals surface area contributed by atoms with Gasteiger partial charge in [-0.1, -0.05) is 54.6 Å². The van der Waals surface area contributed by atoms with Crippen molar-refractivity contribution in [1.82, 2.24) is 4.98 Å². The number of hydrogen-bond acceptors (Lipinski definition) is 3. The Morgan fingerprint density at radius 1 is 0.731 bits per heavy atom. The Hall–Kier alpha value is -3.24. The van der Waals surface area contributed by atoms with Crippen LogP contribution in [-0.2, 0) is 0 Å². The van der Waals surface area contributed by atoms with Crippen molar-refractivity contribution < 1.29 is 14.7 Å². The number of carbonyl (C=O) groups is 2. The second-order valence-electron chi connectivity index (χ2n) is 5.73. The Labute approximate surface area is 155 Å². The fourth-order valence-electron chi connectivity index (χ4n) is 3.04. The molecule has 0 saturated carbocycles. The topological polar surface area (TPSA) is 67.3 Å². The molecule has 0 saturated heterocycles. The molecule has 3 aromatic carbocycles. The van der Waals surface area contributed by atoms with Crippen LogP contribution in [0.15, 0.2) is 72.8 Å². The largest absolute Gasteiger partial charge is 0.478 e. The van der Waals surface area contributed by atoms with Crippen LogP contribution in [0, 0.1) is 0 Å². The lowest BCUT2D eigenvalue weighted by atomic mass is 9.95. The molecule has 0 amide bonds. The van der Waals surface area contributed by atoms with Crippen molar-refractivity contribution in [2.45, 2.75) is 0 Å². The molecule has 1 heterocycles. The highest BCUT2D eigenvalue weighted by Gasteiger charge is 2.18. The molecule has 0 atom stereocenters. The number of aromatic carboxylic acids is 1. The first-order valence-electron chi connectivity index (χ1n) is 7.81. The average molecular weight is 364 g/mol. The summed E-state index contributed by atoms with van der Waals surface area (Å²) in [6, 6.07) is 21.2. The summed E-state index contributed by atoms with van der Waals surface area (Å²) >= 11 is 0. The molecule has 0 unspecified atom stereocenters. The maximum absolute atomic E-state index is 13.0. The van der Waals surface area contributed by atoms with Crippen molar-refractivity contribution in [3.63, 3.8) is 0 Å². The van der Waals surface area contributed by atoms with Gasteiger partial charge >= 0.3 is 5.97 Å². The number of halogens is 1. The summed E-state index contributed by atoms with van der Waals surface area (Å²) < 4.78 is 0. The summed E-state index contributed by atoms with van der Waals surface area (Å²) in [5.74, 6) is -1.35. The zero-order chi connectivity index (χ0) is 17.4. The standard InChI is InChI=1S/C21H13NO3.ClH/c23-20(18-12-11-13-5-1-2-10-17(13)22-18)15-8-3-6-14-7-4-9-16(19(14)15)21(24)25;/h1-12H,(H,24,25);1H. The molecule has 4 nitrogen and oxygen atoms in total. The second kappa shape index (κ2) is 6.94. The number of benzene rings is 3. The van der Waals surface area contributed by atoms with Gasteiger partial charge in [-0.05, 0) is 23.6 Å². The molecule has 4 aromatic rings. The van der Waals surface area contributed by atoms with Gasteiger partial charge in [0.1, 0.15) is 5.69 Å². The van der Waals surface area contributed by atoms with Gasteiger partial charge < -0.3 is 5.11 Å². The summed E-state index contributed by atoms with van der Waals surface area (Å²) in [5.41, 5.74) is 1.49. The van der Waals surface area contributed by atoms with Crippen molar-refractivity contribution in [3.8, 4) is 0 Å². The van der Waals surface area contributed by atoms with E-state index in [0.717, 1.165) is 10.9 Å². The molecule has 1 aromatic heterocycles. The number of rotatable bonds is 3. The van der Waals surface area contributed by atoms with E-state index in [0.29, 0.717) is 22.0 Å². The molecule has 0 spiro atoms. The van der Waals surface area contributed by atoms with Gasteiger partial charge in [0.15, 0.2) is 0 Å². The van der Waals surface area contributed by atoms with E-state index in [1.807, 2.05) is 30.3 Å². The number of carboxylic acid groups (broad SMARTS) is 1. The zero-order valence-corrected chi connectivity index (χ0v) is 14.4. The molecule has 0 fully saturated rings. The molecule has 0 aliphatic carbocycles. The number of carboxylic acids is 1. The molecule has 1 N–H and O–H groups in total. The normalized spacial score (nSPS) is 10.5. The summed E-state index contributed by atoms with van der Waals surface area (Å²) in [6.07, 6.45) is 0. The number of fused-ring (bicyclic) bond motifs is 2. The van der Waals surface area contributed by atoms with Crippen molar-refractivity contribution in [2.75, 3.05) is 0 Å². The van der Waals surface area contributed by atoms with E-state index in [9.17, 15) is 14.7 Å². The fourth-order valence-corrected chi connectivity index (χ4v) is 3.04. The Bertz CT molecular complexity index is 1150. The van der Waals surface area contributed by atoms with Gasteiger partial charge in [0.25, 0.3) is 0 Å². The quantitative estimate of drug-likeness (QED) is 0.534. The third kappa shape index (κ3) is 2.91. The molecule has 128 valence electrons. The van der Waals surface area contributed by atoms with Gasteiger partial charge in [-0.15, -0.1) is 12.4 Å². The maximum atomic E-state index is 13.0. The lowest BCUT2D eigenvalue weighted by Gasteiger charge is -2.09. The van der Waals surface area contributed by atoms with Crippen molar-refractivity contribution in [1.29, 1.82) is 0 Å². The number of para-hydroxylation sites is 1. The predicted molar refractivity (Wildman–Crippen MR) is 103 cm³/mol. The van der Waals surface area contributed by atoms with Crippen molar-refractivity contribution >= 4 is 45.8 Å². The van der Waals surface area contributed by atoms with Crippen LogP contribution in [0.25, 0.3) is 21.7 Å². The molecule has 5 heteroatoms. The SMILES string of the molecule is Cl.O=C(O)c1cccc2cccc(C(=O)c3ccc4ccccc4n3)c12. The zero-order valence-electron chi connectivity index (χ0n) is 13.5. The Balaban J connectivity index is 0.00000196. The average Bonchev–Trinajstić information content (AvgIpc) is 2.66. The number of nitrogens with zero attached hydrogens (tertiary/aromatic N) is 1. The van der Waals surface area contributed by atoms with Gasteiger partial charge in [0, 0.05) is 16.3 Å². The van der Waals surface area contributed by atoms with Crippen molar-refractivity contribution in [3.05, 3.63) is 89.6 Å². The second-order valence-corrected chi connectivity index (χ2v) is 5.73. The van der Waals surface area contributed by atoms with E-state index in [1.54, 1.807) is 36.4 Å². The molecule has 0 aliphatic rings. The van der Waals surface area contributed by atoms with Gasteiger partial charge in [-0.25, -0.2) is 9.78 Å². The van der Waals surface area contributed by atoms with E-state index in [4.69, 9.17) is 0 Å². The number of aromatic nitrogens is 1. The molecule has 0 radical (unpaired) electrons. The van der Waals surface area contributed by atoms with Crippen LogP contribution in [0.4, 0.5) is 0 Å². The first-order chi connectivity index (χ1) is 12.1. The number of pyridine rings is 1. The molecule has 26 heavy (non-hydrogen) atoms. The lowest BCUT2D eigenvalue weighted by Crippen LogP contribution is -2.07. The molecule has 0 bridgehead atoms. The van der Waals surface area contributed by atoms with Crippen LogP contribution in [0.1, 0.15) is 26.4 Å². The molecular formula is C21H14ClNO3. The van der Waals surface area contributed by atoms with Crippen LogP contribution >= 0.6 is 12.4 Å². The lowest BCUT2D eigenvalue weighted by molar-refractivity contribution is 0.0699. The summed E-state index contributed by atoms with van der Waals surface area (Å²) in [7, 11) is 0. The van der Waals surface area contributed by atoms with E-state index >= 15 is 0 Å². The number of hydrogen-bond donors (Lipinski definition) is 1. The summed E-state index contributed by atoms with van der Waals surface area (Å²) in [6.45, 7) is 0. The minimum atomic E-state index is -1.06. The highest BCUT2D eigenvalue weighted by molar-refractivity contribution is 6.19. The van der Waals surface area contributed by atoms with Crippen LogP contribution in [-0.4, -0.2) is 21.8 Å². The predicted octanol–water partition coefficient (Wildman–Crippen LogP) is 4.74. The smallest absolute Gasteiger partial charge is 0.336 e. The van der Waals surface area contributed by atoms with Crippen LogP contribution in [0.5, 0.6) is 0 Å². The van der Waals surface area contributed by atoms with E-state index in [1.165, 1.54) is 6.07 Å². The highest BCUT2D eigenvalue weighted by atomic mass is 35.5. The number of ketones is 1. The van der Waals surface area contributed by atoms with Gasteiger partial charge in [0.05, 0.1) is 11.1 Å². The maximum Gasteiger partial charge on any atom is 0.336 e. The molecule has 0 aliphatic heterocycles. The van der Waals surface area contributed by atoms with E-state index in [2.05, 4.69) is 4.98 Å². The van der Waals surface area contributed by atoms with Gasteiger partial charge in [0.2, 0.25) is 5.78 Å². The van der Waals surface area contributed by atoms with Gasteiger partial charge in [-0.3, -0.25) is 4.79 Å². The molecule has 4 rings (SSSR count). The van der Waals surface area contributed by atoms with Gasteiger partial charge in [-0.2, -0.15) is 0 Å². The minimum Gasteiger partial charge on any atom is -0.478 e. The Kier molecular flexibility index (Phi) is 4.69. The highest BCUT2D eigenvalue weighted by Crippen LogP contribution is 2.25. The first kappa shape index (κ1) is 17.6. The third-order valence-corrected chi connectivity index (χ3v) is 4.21. The Morgan fingerprint density at radius 2 is 1.38 bits per heavy atom. The summed E-state index contributed by atoms with van der Waals surface area (Å²) in [4.78, 5) is 29.0. The van der Waals surface area contributed by atoms with Crippen LogP contribution < -0.4 is 0 Å². The van der Waals surface area contributed by atoms with E-state index in [-0.39, 0.29) is 23.8 Å². The Morgan fingerprint density at radius 3 is 2.12 bits per heavy atom. The number of carbonyl (C=O) groups excluding carboxylic acids is 1. The molecular weight excluding hydrogens is 350 g/mol. The van der Waals surface area contributed by atoms with Crippen LogP contribution in [0.2, 0.25) is 0 Å². The first-order valence-corrected chi connectivity index (χ1v) is 7.81. The third-order valence-electron chi connectivity index (χ3n) is 4.21. The summed E-state index contributed by atoms with van der Waals surface area (Å²) in [5, 5.41) is 11.6. The van der Waals surface area contributed by atoms with Crippen LogP contribution in [0.3, 0.4) is 0 Å². The minimum absolute atomic E-state index is 0. The fraction of sp³-hybridized carbons (Fsp3) is 0.